The van der Waals surface area contributed by atoms with Gasteiger partial charge in [-0.3, -0.25) is 9.36 Å². The van der Waals surface area contributed by atoms with Crippen molar-refractivity contribution in [3.63, 3.8) is 0 Å². The maximum absolute atomic E-state index is 12.4. The summed E-state index contributed by atoms with van der Waals surface area (Å²) in [6, 6.07) is 7.34. The zero-order chi connectivity index (χ0) is 21.5. The summed E-state index contributed by atoms with van der Waals surface area (Å²) in [6.07, 6.45) is 2.76. The lowest BCUT2D eigenvalue weighted by Crippen LogP contribution is -2.14. The molecule has 2 heterocycles. The molecule has 0 aliphatic rings. The van der Waals surface area contributed by atoms with Gasteiger partial charge < -0.3 is 10.1 Å². The molecule has 3 rings (SSSR count). The Morgan fingerprint density at radius 3 is 2.73 bits per heavy atom. The Balaban J connectivity index is 1.69. The second-order valence-corrected chi connectivity index (χ2v) is 8.56. The van der Waals surface area contributed by atoms with Crippen LogP contribution in [0.4, 0.5) is 5.69 Å². The van der Waals surface area contributed by atoms with Gasteiger partial charge in [-0.2, -0.15) is 0 Å². The zero-order valence-corrected chi connectivity index (χ0v) is 19.1. The van der Waals surface area contributed by atoms with Gasteiger partial charge in [-0.05, 0) is 50.1 Å². The number of thiophene rings is 1. The first-order valence-corrected chi connectivity index (χ1v) is 11.7. The Bertz CT molecular complexity index is 1010. The van der Waals surface area contributed by atoms with Crippen LogP contribution in [0, 0.1) is 6.92 Å². The molecule has 0 fully saturated rings. The van der Waals surface area contributed by atoms with Gasteiger partial charge in [-0.15, -0.1) is 28.1 Å². The van der Waals surface area contributed by atoms with Crippen molar-refractivity contribution < 1.29 is 9.53 Å². The molecule has 3 aromatic rings. The van der Waals surface area contributed by atoms with E-state index < -0.39 is 0 Å². The maximum Gasteiger partial charge on any atom is 0.234 e. The van der Waals surface area contributed by atoms with Crippen molar-refractivity contribution in [2.45, 2.75) is 38.9 Å². The molecule has 0 aliphatic heterocycles. The number of aromatic nitrogens is 3. The molecule has 1 amide bonds. The molecule has 0 spiro atoms. The third kappa shape index (κ3) is 5.12. The predicted molar refractivity (Wildman–Crippen MR) is 125 cm³/mol. The van der Waals surface area contributed by atoms with E-state index in [4.69, 9.17) is 4.74 Å². The lowest BCUT2D eigenvalue weighted by Gasteiger charge is -2.09. The van der Waals surface area contributed by atoms with Crippen molar-refractivity contribution in [3.8, 4) is 17.1 Å². The fraction of sp³-hybridized carbons (Fsp3) is 0.318. The maximum atomic E-state index is 12.4. The molecule has 0 aliphatic carbocycles. The summed E-state index contributed by atoms with van der Waals surface area (Å²) in [6.45, 7) is 11.3. The van der Waals surface area contributed by atoms with Crippen LogP contribution in [0.25, 0.3) is 11.4 Å². The van der Waals surface area contributed by atoms with Gasteiger partial charge in [0.1, 0.15) is 5.75 Å². The topological polar surface area (TPSA) is 69.0 Å². The standard InChI is InChI=1S/C22H26N4O2S2/c1-5-12-26-21(19-13-29-15(4)18(19)6-2)24-25-22(26)30-14-20(27)23-16-8-10-17(11-9-16)28-7-3/h5,8-11,13H,1,6-7,12,14H2,2-4H3,(H,23,27). The van der Waals surface area contributed by atoms with Crippen LogP contribution >= 0.6 is 23.1 Å². The number of aryl methyl sites for hydroxylation is 1. The number of carbonyl (C=O) groups is 1. The molecule has 0 radical (unpaired) electrons. The molecule has 8 heteroatoms. The quantitative estimate of drug-likeness (QED) is 0.345. The van der Waals surface area contributed by atoms with Crippen LogP contribution in [-0.4, -0.2) is 33.0 Å². The minimum Gasteiger partial charge on any atom is -0.494 e. The number of hydrogen-bond acceptors (Lipinski definition) is 6. The number of ether oxygens (including phenoxy) is 1. The Labute approximate surface area is 185 Å². The largest absolute Gasteiger partial charge is 0.494 e. The van der Waals surface area contributed by atoms with Crippen LogP contribution in [0.2, 0.25) is 0 Å². The highest BCUT2D eigenvalue weighted by molar-refractivity contribution is 7.99. The number of carbonyl (C=O) groups excluding carboxylic acids is 1. The molecule has 0 bridgehead atoms. The molecular formula is C22H26N4O2S2. The fourth-order valence-corrected chi connectivity index (χ4v) is 4.81. The van der Waals surface area contributed by atoms with Gasteiger partial charge in [0, 0.05) is 28.1 Å². The van der Waals surface area contributed by atoms with E-state index in [1.807, 2.05) is 41.8 Å². The molecule has 30 heavy (non-hydrogen) atoms. The van der Waals surface area contributed by atoms with E-state index in [1.54, 1.807) is 11.3 Å². The number of amides is 1. The number of benzene rings is 1. The average Bonchev–Trinajstić information content (AvgIpc) is 3.31. The summed E-state index contributed by atoms with van der Waals surface area (Å²) in [5, 5.41) is 14.5. The second-order valence-electron chi connectivity index (χ2n) is 6.54. The van der Waals surface area contributed by atoms with Crippen LogP contribution in [-0.2, 0) is 17.8 Å². The van der Waals surface area contributed by atoms with Crippen LogP contribution in [0.3, 0.4) is 0 Å². The lowest BCUT2D eigenvalue weighted by atomic mass is 10.1. The van der Waals surface area contributed by atoms with Crippen LogP contribution in [0.15, 0.2) is 47.5 Å². The summed E-state index contributed by atoms with van der Waals surface area (Å²) in [4.78, 5) is 13.7. The van der Waals surface area contributed by atoms with Crippen molar-refractivity contribution in [1.82, 2.24) is 14.8 Å². The molecule has 2 aromatic heterocycles. The fourth-order valence-electron chi connectivity index (χ4n) is 3.12. The number of hydrogen-bond donors (Lipinski definition) is 1. The van der Waals surface area contributed by atoms with Crippen molar-refractivity contribution in [2.75, 3.05) is 17.7 Å². The lowest BCUT2D eigenvalue weighted by molar-refractivity contribution is -0.113. The number of allylic oxidation sites excluding steroid dienone is 1. The van der Waals surface area contributed by atoms with Crippen molar-refractivity contribution in [2.24, 2.45) is 0 Å². The Kier molecular flexibility index (Phi) is 7.70. The van der Waals surface area contributed by atoms with Gasteiger partial charge >= 0.3 is 0 Å². The number of rotatable bonds is 10. The molecule has 0 unspecified atom stereocenters. The Morgan fingerprint density at radius 2 is 2.07 bits per heavy atom. The third-order valence-corrected chi connectivity index (χ3v) is 6.43. The summed E-state index contributed by atoms with van der Waals surface area (Å²) >= 11 is 3.09. The average molecular weight is 443 g/mol. The first-order chi connectivity index (χ1) is 14.6. The first-order valence-electron chi connectivity index (χ1n) is 9.84. The van der Waals surface area contributed by atoms with Crippen LogP contribution in [0.5, 0.6) is 5.75 Å². The Morgan fingerprint density at radius 1 is 1.30 bits per heavy atom. The van der Waals surface area contributed by atoms with Gasteiger partial charge in [0.05, 0.1) is 12.4 Å². The normalized spacial score (nSPS) is 10.8. The molecule has 0 atom stereocenters. The minimum atomic E-state index is -0.0977. The molecule has 158 valence electrons. The summed E-state index contributed by atoms with van der Waals surface area (Å²) < 4.78 is 7.44. The van der Waals surface area contributed by atoms with E-state index in [-0.39, 0.29) is 11.7 Å². The molecule has 6 nitrogen and oxygen atoms in total. The monoisotopic (exact) mass is 442 g/mol. The Hall–Kier alpha value is -2.58. The van der Waals surface area contributed by atoms with E-state index in [0.717, 1.165) is 29.2 Å². The van der Waals surface area contributed by atoms with Gasteiger partial charge in [0.15, 0.2) is 11.0 Å². The number of nitrogens with zero attached hydrogens (tertiary/aromatic N) is 3. The van der Waals surface area contributed by atoms with E-state index in [9.17, 15) is 4.79 Å². The molecule has 0 saturated carbocycles. The van der Waals surface area contributed by atoms with E-state index in [2.05, 4.69) is 41.3 Å². The summed E-state index contributed by atoms with van der Waals surface area (Å²) in [5.41, 5.74) is 3.14. The minimum absolute atomic E-state index is 0.0977. The van der Waals surface area contributed by atoms with Crippen LogP contribution < -0.4 is 10.1 Å². The van der Waals surface area contributed by atoms with Gasteiger partial charge in [0.2, 0.25) is 5.91 Å². The van der Waals surface area contributed by atoms with E-state index in [1.165, 1.54) is 22.2 Å². The van der Waals surface area contributed by atoms with Gasteiger partial charge in [-0.1, -0.05) is 24.8 Å². The smallest absolute Gasteiger partial charge is 0.234 e. The zero-order valence-electron chi connectivity index (χ0n) is 17.5. The first kappa shape index (κ1) is 22.1. The number of nitrogens with one attached hydrogen (secondary N) is 1. The van der Waals surface area contributed by atoms with E-state index in [0.29, 0.717) is 18.3 Å². The van der Waals surface area contributed by atoms with Gasteiger partial charge in [-0.25, -0.2) is 0 Å². The van der Waals surface area contributed by atoms with Crippen molar-refractivity contribution in [3.05, 3.63) is 52.7 Å². The molecule has 0 saturated heterocycles. The molecular weight excluding hydrogens is 416 g/mol. The molecule has 1 N–H and O–H groups in total. The predicted octanol–water partition coefficient (Wildman–Crippen LogP) is 5.19. The van der Waals surface area contributed by atoms with Gasteiger partial charge in [0.25, 0.3) is 0 Å². The highest BCUT2D eigenvalue weighted by Gasteiger charge is 2.19. The van der Waals surface area contributed by atoms with Crippen molar-refractivity contribution >= 4 is 34.7 Å². The van der Waals surface area contributed by atoms with E-state index >= 15 is 0 Å². The number of thioether (sulfide) groups is 1. The van der Waals surface area contributed by atoms with Crippen molar-refractivity contribution in [1.29, 1.82) is 0 Å². The highest BCUT2D eigenvalue weighted by Crippen LogP contribution is 2.32. The summed E-state index contributed by atoms with van der Waals surface area (Å²) in [7, 11) is 0. The highest BCUT2D eigenvalue weighted by atomic mass is 32.2. The third-order valence-electron chi connectivity index (χ3n) is 4.51. The second kappa shape index (κ2) is 10.4. The number of anilines is 1. The molecule has 1 aromatic carbocycles. The summed E-state index contributed by atoms with van der Waals surface area (Å²) in [5.74, 6) is 1.75. The van der Waals surface area contributed by atoms with Crippen LogP contribution in [0.1, 0.15) is 24.3 Å². The SMILES string of the molecule is C=CCn1c(SCC(=O)Nc2ccc(OCC)cc2)nnc1-c1csc(C)c1CC.